The van der Waals surface area contributed by atoms with Crippen molar-refractivity contribution in [2.75, 3.05) is 11.9 Å². The lowest BCUT2D eigenvalue weighted by Gasteiger charge is -2.24. The van der Waals surface area contributed by atoms with Crippen LogP contribution in [-0.2, 0) is 6.42 Å². The van der Waals surface area contributed by atoms with E-state index in [1.165, 1.54) is 6.07 Å². The lowest BCUT2D eigenvalue weighted by atomic mass is 9.93. The van der Waals surface area contributed by atoms with E-state index in [0.717, 1.165) is 0 Å². The standard InChI is InChI=1S/C11H13F2N/c1-6-3-8-10(13)7(2)4-9(12)11(8)14-5-6/h4,6,14H,3,5H2,1-2H3. The Bertz CT molecular complexity index is 374. The zero-order chi connectivity index (χ0) is 10.3. The van der Waals surface area contributed by atoms with E-state index >= 15 is 0 Å². The van der Waals surface area contributed by atoms with Gasteiger partial charge in [0.1, 0.15) is 11.6 Å². The molecule has 2 rings (SSSR count). The summed E-state index contributed by atoms with van der Waals surface area (Å²) in [5.41, 5.74) is 1.24. The lowest BCUT2D eigenvalue weighted by Crippen LogP contribution is -2.23. The van der Waals surface area contributed by atoms with Gasteiger partial charge in [0.15, 0.2) is 0 Å². The van der Waals surface area contributed by atoms with Crippen LogP contribution < -0.4 is 5.32 Å². The van der Waals surface area contributed by atoms with Crippen molar-refractivity contribution in [2.24, 2.45) is 5.92 Å². The van der Waals surface area contributed by atoms with Crippen LogP contribution in [0.25, 0.3) is 0 Å². The van der Waals surface area contributed by atoms with Crippen LogP contribution in [0.5, 0.6) is 0 Å². The zero-order valence-corrected chi connectivity index (χ0v) is 8.32. The molecule has 3 heteroatoms. The summed E-state index contributed by atoms with van der Waals surface area (Å²) >= 11 is 0. The minimum atomic E-state index is -0.342. The predicted octanol–water partition coefficient (Wildman–Crippen LogP) is 2.88. The van der Waals surface area contributed by atoms with Gasteiger partial charge in [0.05, 0.1) is 5.69 Å². The minimum absolute atomic E-state index is 0.263. The van der Waals surface area contributed by atoms with Gasteiger partial charge in [-0.3, -0.25) is 0 Å². The average Bonchev–Trinajstić information content (AvgIpc) is 2.14. The summed E-state index contributed by atoms with van der Waals surface area (Å²) in [4.78, 5) is 0. The molecule has 1 aliphatic rings. The summed E-state index contributed by atoms with van der Waals surface area (Å²) in [5, 5.41) is 2.93. The molecule has 0 aliphatic carbocycles. The fourth-order valence-electron chi connectivity index (χ4n) is 1.90. The zero-order valence-electron chi connectivity index (χ0n) is 8.32. The monoisotopic (exact) mass is 197 g/mol. The highest BCUT2D eigenvalue weighted by atomic mass is 19.1. The molecule has 1 atom stereocenters. The first-order valence-corrected chi connectivity index (χ1v) is 4.81. The van der Waals surface area contributed by atoms with Crippen LogP contribution in [-0.4, -0.2) is 6.54 Å². The third kappa shape index (κ3) is 1.37. The van der Waals surface area contributed by atoms with Gasteiger partial charge in [-0.2, -0.15) is 0 Å². The maximum Gasteiger partial charge on any atom is 0.147 e. The van der Waals surface area contributed by atoms with Crippen LogP contribution in [0.15, 0.2) is 6.07 Å². The van der Waals surface area contributed by atoms with Crippen LogP contribution in [0.4, 0.5) is 14.5 Å². The first-order valence-electron chi connectivity index (χ1n) is 4.81. The second-order valence-corrected chi connectivity index (χ2v) is 4.03. The highest BCUT2D eigenvalue weighted by Crippen LogP contribution is 2.31. The summed E-state index contributed by atoms with van der Waals surface area (Å²) in [6.07, 6.45) is 0.618. The maximum absolute atomic E-state index is 13.6. The van der Waals surface area contributed by atoms with Gasteiger partial charge in [-0.05, 0) is 30.9 Å². The van der Waals surface area contributed by atoms with Gasteiger partial charge < -0.3 is 5.32 Å². The number of benzene rings is 1. The molecule has 0 amide bonds. The molecular weight excluding hydrogens is 184 g/mol. The molecule has 0 saturated carbocycles. The Balaban J connectivity index is 2.57. The molecule has 0 bridgehead atoms. The molecule has 0 radical (unpaired) electrons. The van der Waals surface area contributed by atoms with E-state index in [1.54, 1.807) is 6.92 Å². The molecule has 1 aromatic rings. The Morgan fingerprint density at radius 3 is 2.86 bits per heavy atom. The van der Waals surface area contributed by atoms with Crippen molar-refractivity contribution in [2.45, 2.75) is 20.3 Å². The summed E-state index contributed by atoms with van der Waals surface area (Å²) in [6.45, 7) is 4.33. The minimum Gasteiger partial charge on any atom is -0.382 e. The number of rotatable bonds is 0. The van der Waals surface area contributed by atoms with Crippen molar-refractivity contribution < 1.29 is 8.78 Å². The van der Waals surface area contributed by atoms with Gasteiger partial charge in [0, 0.05) is 12.1 Å². The van der Waals surface area contributed by atoms with Crippen molar-refractivity contribution in [1.29, 1.82) is 0 Å². The molecule has 0 spiro atoms. The topological polar surface area (TPSA) is 12.0 Å². The van der Waals surface area contributed by atoms with Crippen molar-refractivity contribution in [3.8, 4) is 0 Å². The molecule has 14 heavy (non-hydrogen) atoms. The Morgan fingerprint density at radius 1 is 1.43 bits per heavy atom. The first-order chi connectivity index (χ1) is 6.59. The number of halogens is 2. The van der Waals surface area contributed by atoms with E-state index in [-0.39, 0.29) is 11.6 Å². The molecule has 76 valence electrons. The largest absolute Gasteiger partial charge is 0.382 e. The third-order valence-electron chi connectivity index (χ3n) is 2.67. The number of hydrogen-bond donors (Lipinski definition) is 1. The van der Waals surface area contributed by atoms with E-state index in [2.05, 4.69) is 5.32 Å². The smallest absolute Gasteiger partial charge is 0.147 e. The van der Waals surface area contributed by atoms with Crippen LogP contribution in [0.3, 0.4) is 0 Å². The summed E-state index contributed by atoms with van der Waals surface area (Å²) in [6, 6.07) is 1.25. The number of aryl methyl sites for hydroxylation is 1. The van der Waals surface area contributed by atoms with Crippen LogP contribution in [0, 0.1) is 24.5 Å². The Kier molecular flexibility index (Phi) is 2.17. The van der Waals surface area contributed by atoms with E-state index in [9.17, 15) is 8.78 Å². The number of anilines is 1. The molecule has 1 nitrogen and oxygen atoms in total. The SMILES string of the molecule is Cc1cc(F)c2c(c1F)CC(C)CN2. The molecular formula is C11H13F2N. The number of hydrogen-bond acceptors (Lipinski definition) is 1. The lowest BCUT2D eigenvalue weighted by molar-refractivity contribution is 0.526. The van der Waals surface area contributed by atoms with E-state index in [4.69, 9.17) is 0 Å². The second kappa shape index (κ2) is 3.23. The molecule has 1 aliphatic heterocycles. The van der Waals surface area contributed by atoms with Crippen molar-refractivity contribution in [1.82, 2.24) is 0 Å². The molecule has 1 N–H and O–H groups in total. The second-order valence-electron chi connectivity index (χ2n) is 4.03. The average molecular weight is 197 g/mol. The Labute approximate surface area is 82.1 Å². The Morgan fingerprint density at radius 2 is 2.14 bits per heavy atom. The van der Waals surface area contributed by atoms with Crippen LogP contribution in [0.1, 0.15) is 18.1 Å². The van der Waals surface area contributed by atoms with Crippen LogP contribution in [0.2, 0.25) is 0 Å². The van der Waals surface area contributed by atoms with E-state index in [1.807, 2.05) is 6.92 Å². The first kappa shape index (κ1) is 9.44. The Hall–Kier alpha value is -1.12. The van der Waals surface area contributed by atoms with Gasteiger partial charge in [-0.1, -0.05) is 6.92 Å². The van der Waals surface area contributed by atoms with Crippen molar-refractivity contribution >= 4 is 5.69 Å². The summed E-state index contributed by atoms with van der Waals surface area (Å²) < 4.78 is 27.0. The molecule has 1 aromatic carbocycles. The van der Waals surface area contributed by atoms with E-state index < -0.39 is 0 Å². The molecule has 0 fully saturated rings. The van der Waals surface area contributed by atoms with Gasteiger partial charge in [-0.25, -0.2) is 8.78 Å². The highest BCUT2D eigenvalue weighted by molar-refractivity contribution is 5.56. The van der Waals surface area contributed by atoms with E-state index in [0.29, 0.717) is 35.7 Å². The molecule has 1 heterocycles. The predicted molar refractivity (Wildman–Crippen MR) is 52.5 cm³/mol. The normalized spacial score (nSPS) is 20.1. The van der Waals surface area contributed by atoms with Gasteiger partial charge in [-0.15, -0.1) is 0 Å². The van der Waals surface area contributed by atoms with Gasteiger partial charge in [0.25, 0.3) is 0 Å². The highest BCUT2D eigenvalue weighted by Gasteiger charge is 2.22. The van der Waals surface area contributed by atoms with Gasteiger partial charge >= 0.3 is 0 Å². The quantitative estimate of drug-likeness (QED) is 0.674. The number of nitrogens with one attached hydrogen (secondary N) is 1. The maximum atomic E-state index is 13.6. The van der Waals surface area contributed by atoms with Crippen LogP contribution >= 0.6 is 0 Å². The van der Waals surface area contributed by atoms with Crippen molar-refractivity contribution in [3.05, 3.63) is 28.8 Å². The number of fused-ring (bicyclic) bond motifs is 1. The molecule has 0 saturated heterocycles. The van der Waals surface area contributed by atoms with Crippen molar-refractivity contribution in [3.63, 3.8) is 0 Å². The molecule has 1 unspecified atom stereocenters. The fraction of sp³-hybridized carbons (Fsp3) is 0.455. The summed E-state index contributed by atoms with van der Waals surface area (Å²) in [5.74, 6) is -0.246. The fourth-order valence-corrected chi connectivity index (χ4v) is 1.90. The third-order valence-corrected chi connectivity index (χ3v) is 2.67. The summed E-state index contributed by atoms with van der Waals surface area (Å²) in [7, 11) is 0. The molecule has 0 aromatic heterocycles. The van der Waals surface area contributed by atoms with Gasteiger partial charge in [0.2, 0.25) is 0 Å².